The molecule has 6 heteroatoms. The van der Waals surface area contributed by atoms with Gasteiger partial charge in [-0.05, 0) is 36.6 Å². The van der Waals surface area contributed by atoms with Crippen molar-refractivity contribution in [2.75, 3.05) is 5.75 Å². The van der Waals surface area contributed by atoms with Crippen LogP contribution in [0.1, 0.15) is 12.0 Å². The van der Waals surface area contributed by atoms with Gasteiger partial charge < -0.3 is 4.55 Å². The molecule has 4 rings (SSSR count). The zero-order chi connectivity index (χ0) is 19.3. The summed E-state index contributed by atoms with van der Waals surface area (Å²) in [5, 5.41) is 1.68. The zero-order valence-corrected chi connectivity index (χ0v) is 16.7. The Morgan fingerprint density at radius 2 is 1.68 bits per heavy atom. The lowest BCUT2D eigenvalue weighted by Gasteiger charge is -2.10. The van der Waals surface area contributed by atoms with Crippen LogP contribution in [0.2, 0.25) is 0 Å². The van der Waals surface area contributed by atoms with Crippen LogP contribution >= 0.6 is 11.3 Å². The van der Waals surface area contributed by atoms with Crippen molar-refractivity contribution in [3.8, 4) is 10.7 Å². The molecule has 0 amide bonds. The van der Waals surface area contributed by atoms with Crippen molar-refractivity contribution in [1.29, 1.82) is 0 Å². The molecule has 0 N–H and O–H groups in total. The van der Waals surface area contributed by atoms with E-state index in [1.165, 1.54) is 16.9 Å². The third-order valence-corrected chi connectivity index (χ3v) is 6.76. The van der Waals surface area contributed by atoms with Crippen LogP contribution in [0.25, 0.3) is 20.8 Å². The second-order valence-corrected chi connectivity index (χ2v) is 8.87. The second kappa shape index (κ2) is 8.65. The fourth-order valence-electron chi connectivity index (χ4n) is 2.94. The van der Waals surface area contributed by atoms with E-state index in [9.17, 15) is 9.35 Å². The third kappa shape index (κ3) is 4.30. The van der Waals surface area contributed by atoms with E-state index >= 15 is 0 Å². The monoisotopic (exact) mass is 406 g/mol. The topological polar surface area (TPSA) is 65.9 Å². The molecular weight excluding hydrogens is 388 g/mol. The maximum absolute atomic E-state index is 12.7. The van der Waals surface area contributed by atoms with Crippen LogP contribution in [-0.2, 0) is 17.6 Å². The Kier molecular flexibility index (Phi) is 5.81. The van der Waals surface area contributed by atoms with E-state index in [1.807, 2.05) is 42.5 Å². The van der Waals surface area contributed by atoms with Gasteiger partial charge in [0.05, 0.1) is 5.39 Å². The fraction of sp³-hybridized carbons (Fsp3) is 0.136. The molecule has 4 nitrogen and oxygen atoms in total. The summed E-state index contributed by atoms with van der Waals surface area (Å²) in [5.74, 6) is 0.548. The molecule has 2 aromatic carbocycles. The number of hydrogen-bond donors (Lipinski definition) is 0. The predicted octanol–water partition coefficient (Wildman–Crippen LogP) is 4.46. The first-order chi connectivity index (χ1) is 13.7. The lowest BCUT2D eigenvalue weighted by atomic mass is 10.1. The predicted molar refractivity (Wildman–Crippen MR) is 115 cm³/mol. The molecule has 0 saturated heterocycles. The van der Waals surface area contributed by atoms with Crippen LogP contribution in [0, 0.1) is 0 Å². The molecule has 0 radical (unpaired) electrons. The highest BCUT2D eigenvalue weighted by atomic mass is 32.2. The number of fused-ring (bicyclic) bond motifs is 1. The lowest BCUT2D eigenvalue weighted by molar-refractivity contribution is 0.588. The number of hydrogen-bond acceptors (Lipinski definition) is 5. The molecule has 0 aliphatic carbocycles. The van der Waals surface area contributed by atoms with E-state index in [4.69, 9.17) is 0 Å². The molecule has 0 aliphatic rings. The maximum Gasteiger partial charge on any atom is 0.279 e. The summed E-state index contributed by atoms with van der Waals surface area (Å²) >= 11 is 0.231. The Labute approximate surface area is 170 Å². The molecule has 2 aromatic heterocycles. The van der Waals surface area contributed by atoms with E-state index in [2.05, 4.69) is 22.1 Å². The minimum absolute atomic E-state index is 0.263. The number of pyridine rings is 1. The number of nitrogens with zero attached hydrogens (tertiary/aromatic N) is 2. The Bertz CT molecular complexity index is 1150. The molecule has 0 bridgehead atoms. The van der Waals surface area contributed by atoms with Gasteiger partial charge in [-0.3, -0.25) is 4.79 Å². The van der Waals surface area contributed by atoms with Gasteiger partial charge >= 0.3 is 0 Å². The van der Waals surface area contributed by atoms with E-state index in [1.54, 1.807) is 18.2 Å². The van der Waals surface area contributed by atoms with Gasteiger partial charge in [-0.2, -0.15) is 9.97 Å². The van der Waals surface area contributed by atoms with Crippen LogP contribution in [-0.4, -0.2) is 20.3 Å². The Hall–Kier alpha value is -2.54. The molecule has 0 fully saturated rings. The first-order valence-electron chi connectivity index (χ1n) is 9.00. The summed E-state index contributed by atoms with van der Waals surface area (Å²) in [5.41, 5.74) is 1.56. The van der Waals surface area contributed by atoms with Gasteiger partial charge in [-0.25, -0.2) is 0 Å². The normalized spacial score (nSPS) is 12.2. The molecule has 0 saturated carbocycles. The molecular formula is C22H18N2O2S2. The molecule has 28 heavy (non-hydrogen) atoms. The first kappa shape index (κ1) is 18.8. The van der Waals surface area contributed by atoms with Gasteiger partial charge in [0.25, 0.3) is 5.56 Å². The van der Waals surface area contributed by atoms with Crippen LogP contribution < -0.4 is 5.56 Å². The molecule has 140 valence electrons. The van der Waals surface area contributed by atoms with Crippen molar-refractivity contribution in [2.45, 2.75) is 17.9 Å². The average Bonchev–Trinajstić information content (AvgIpc) is 2.74. The first-order valence-corrected chi connectivity index (χ1v) is 11.1. The Balaban J connectivity index is 1.52. The minimum Gasteiger partial charge on any atom is -0.610 e. The van der Waals surface area contributed by atoms with Crippen LogP contribution in [0.3, 0.4) is 0 Å². The van der Waals surface area contributed by atoms with Crippen molar-refractivity contribution < 1.29 is 4.55 Å². The highest BCUT2D eigenvalue weighted by Gasteiger charge is 2.15. The second-order valence-electron chi connectivity index (χ2n) is 6.32. The average molecular weight is 407 g/mol. The van der Waals surface area contributed by atoms with Crippen LogP contribution in [0.15, 0.2) is 82.6 Å². The van der Waals surface area contributed by atoms with Crippen molar-refractivity contribution >= 4 is 32.6 Å². The van der Waals surface area contributed by atoms with E-state index in [-0.39, 0.29) is 5.56 Å². The van der Waals surface area contributed by atoms with Crippen molar-refractivity contribution in [3.05, 3.63) is 88.7 Å². The van der Waals surface area contributed by atoms with E-state index in [0.717, 1.165) is 17.5 Å². The summed E-state index contributed by atoms with van der Waals surface area (Å²) in [6, 6.07) is 23.0. The zero-order valence-electron chi connectivity index (χ0n) is 15.1. The summed E-state index contributed by atoms with van der Waals surface area (Å²) in [6.45, 7) is 0. The maximum atomic E-state index is 12.7. The van der Waals surface area contributed by atoms with E-state index in [0.29, 0.717) is 26.9 Å². The lowest BCUT2D eigenvalue weighted by Crippen LogP contribution is -2.11. The number of aromatic nitrogens is 2. The van der Waals surface area contributed by atoms with Crippen LogP contribution in [0.5, 0.6) is 0 Å². The quantitative estimate of drug-likeness (QED) is 0.444. The van der Waals surface area contributed by atoms with Gasteiger partial charge in [0.15, 0.2) is 0 Å². The SMILES string of the molecule is O=c1nc(-c2cccc([S+]([O-])CCCc3ccccc3)n2)sc2ccccc12. The van der Waals surface area contributed by atoms with Gasteiger partial charge in [0.1, 0.15) is 16.5 Å². The number of benzene rings is 2. The van der Waals surface area contributed by atoms with Crippen molar-refractivity contribution in [2.24, 2.45) is 0 Å². The standard InChI is InChI=1S/C22H18N2O2S2/c25-21-17-11-4-5-13-19(17)27-22(24-21)18-12-6-14-20(23-18)28(26)15-7-10-16-8-2-1-3-9-16/h1-6,8-9,11-14H,7,10,15H2. The summed E-state index contributed by atoms with van der Waals surface area (Å²) in [4.78, 5) is 21.0. The highest BCUT2D eigenvalue weighted by Crippen LogP contribution is 2.25. The largest absolute Gasteiger partial charge is 0.610 e. The Morgan fingerprint density at radius 3 is 2.54 bits per heavy atom. The molecule has 1 unspecified atom stereocenters. The Morgan fingerprint density at radius 1 is 0.893 bits per heavy atom. The number of rotatable bonds is 6. The minimum atomic E-state index is -1.19. The summed E-state index contributed by atoms with van der Waals surface area (Å²) < 4.78 is 13.5. The molecule has 4 aromatic rings. The molecule has 0 spiro atoms. The molecule has 1 atom stereocenters. The summed E-state index contributed by atoms with van der Waals surface area (Å²) in [6.07, 6.45) is 1.71. The molecule has 2 heterocycles. The van der Waals surface area contributed by atoms with Gasteiger partial charge in [0, 0.05) is 21.9 Å². The van der Waals surface area contributed by atoms with Crippen molar-refractivity contribution in [1.82, 2.24) is 9.97 Å². The fourth-order valence-corrected chi connectivity index (χ4v) is 4.95. The van der Waals surface area contributed by atoms with Gasteiger partial charge in [-0.1, -0.05) is 48.5 Å². The highest BCUT2D eigenvalue weighted by molar-refractivity contribution is 7.91. The number of aryl methyl sites for hydroxylation is 1. The van der Waals surface area contributed by atoms with E-state index < -0.39 is 11.2 Å². The van der Waals surface area contributed by atoms with Crippen LogP contribution in [0.4, 0.5) is 0 Å². The molecule has 0 aliphatic heterocycles. The smallest absolute Gasteiger partial charge is 0.279 e. The summed E-state index contributed by atoms with van der Waals surface area (Å²) in [7, 11) is 0. The van der Waals surface area contributed by atoms with Gasteiger partial charge in [-0.15, -0.1) is 11.3 Å². The van der Waals surface area contributed by atoms with Crippen molar-refractivity contribution in [3.63, 3.8) is 0 Å². The third-order valence-electron chi connectivity index (χ3n) is 4.34. The van der Waals surface area contributed by atoms with Gasteiger partial charge in [0.2, 0.25) is 5.03 Å².